The number of piperidine rings is 1. The average molecular weight is 306 g/mol. The largest absolute Gasteiger partial charge is 0.481 e. The van der Waals surface area contributed by atoms with E-state index in [1.165, 1.54) is 11.0 Å². The van der Waals surface area contributed by atoms with Crippen molar-refractivity contribution in [2.24, 2.45) is 11.8 Å². The van der Waals surface area contributed by atoms with Crippen molar-refractivity contribution < 1.29 is 14.7 Å². The zero-order valence-electron chi connectivity index (χ0n) is 13.0. The van der Waals surface area contributed by atoms with E-state index in [0.717, 1.165) is 5.69 Å². The molecule has 0 spiro atoms. The molecule has 0 aromatic carbocycles. The van der Waals surface area contributed by atoms with Gasteiger partial charge in [0, 0.05) is 30.4 Å². The lowest BCUT2D eigenvalue weighted by molar-refractivity contribution is -0.143. The average Bonchev–Trinajstić information content (AvgIpc) is 2.45. The van der Waals surface area contributed by atoms with E-state index in [9.17, 15) is 14.4 Å². The highest BCUT2D eigenvalue weighted by atomic mass is 16.4. The summed E-state index contributed by atoms with van der Waals surface area (Å²) in [5, 5.41) is 9.10. The number of carbonyl (C=O) groups is 2. The molecule has 1 aliphatic heterocycles. The molecular weight excluding hydrogens is 284 g/mol. The number of carboxylic acid groups (broad SMARTS) is 1. The highest BCUT2D eigenvalue weighted by Gasteiger charge is 2.28. The smallest absolute Gasteiger partial charge is 0.308 e. The number of nitrogens with one attached hydrogen (secondary N) is 1. The summed E-state index contributed by atoms with van der Waals surface area (Å²) in [6.07, 6.45) is 1.95. The number of aromatic nitrogens is 1. The van der Waals surface area contributed by atoms with Gasteiger partial charge in [0.2, 0.25) is 5.56 Å². The monoisotopic (exact) mass is 306 g/mol. The fourth-order valence-electron chi connectivity index (χ4n) is 2.82. The van der Waals surface area contributed by atoms with Crippen molar-refractivity contribution in [3.8, 4) is 0 Å². The SMILES string of the molecule is CC(C)Cc1cc(C(=O)N2CCCC(C(=O)O)C2)cc(=O)[nH]1. The quantitative estimate of drug-likeness (QED) is 0.882. The molecule has 120 valence electrons. The molecule has 1 unspecified atom stereocenters. The van der Waals surface area contributed by atoms with Crippen LogP contribution in [0.15, 0.2) is 16.9 Å². The molecule has 0 bridgehead atoms. The third kappa shape index (κ3) is 3.96. The van der Waals surface area contributed by atoms with Crippen molar-refractivity contribution in [2.75, 3.05) is 13.1 Å². The van der Waals surface area contributed by atoms with Gasteiger partial charge in [0.25, 0.3) is 5.91 Å². The van der Waals surface area contributed by atoms with Crippen LogP contribution in [0.4, 0.5) is 0 Å². The van der Waals surface area contributed by atoms with Gasteiger partial charge in [0.05, 0.1) is 5.92 Å². The van der Waals surface area contributed by atoms with Gasteiger partial charge >= 0.3 is 5.97 Å². The molecule has 1 atom stereocenters. The van der Waals surface area contributed by atoms with E-state index in [1.807, 2.05) is 13.8 Å². The van der Waals surface area contributed by atoms with Crippen molar-refractivity contribution in [1.29, 1.82) is 0 Å². The van der Waals surface area contributed by atoms with Crippen LogP contribution in [0.25, 0.3) is 0 Å². The Balaban J connectivity index is 2.20. The number of aliphatic carboxylic acids is 1. The van der Waals surface area contributed by atoms with Crippen LogP contribution in [-0.4, -0.2) is 40.0 Å². The van der Waals surface area contributed by atoms with E-state index in [-0.39, 0.29) is 18.0 Å². The number of carboxylic acids is 1. The number of hydrogen-bond acceptors (Lipinski definition) is 3. The molecule has 0 aliphatic carbocycles. The number of carbonyl (C=O) groups excluding carboxylic acids is 1. The predicted octanol–water partition coefficient (Wildman–Crippen LogP) is 1.51. The summed E-state index contributed by atoms with van der Waals surface area (Å²) in [5.74, 6) is -1.28. The number of nitrogens with zero attached hydrogens (tertiary/aromatic N) is 1. The van der Waals surface area contributed by atoms with Gasteiger partial charge in [-0.05, 0) is 31.2 Å². The number of hydrogen-bond donors (Lipinski definition) is 2. The molecule has 1 aromatic rings. The molecule has 1 saturated heterocycles. The maximum Gasteiger partial charge on any atom is 0.308 e. The number of aromatic amines is 1. The number of likely N-dealkylation sites (tertiary alicyclic amines) is 1. The van der Waals surface area contributed by atoms with E-state index < -0.39 is 11.9 Å². The van der Waals surface area contributed by atoms with Gasteiger partial charge < -0.3 is 15.0 Å². The molecular formula is C16H22N2O4. The first kappa shape index (κ1) is 16.3. The van der Waals surface area contributed by atoms with E-state index in [0.29, 0.717) is 37.3 Å². The normalized spacial score (nSPS) is 18.5. The Morgan fingerprint density at radius 3 is 2.77 bits per heavy atom. The van der Waals surface area contributed by atoms with Crippen LogP contribution in [0.5, 0.6) is 0 Å². The van der Waals surface area contributed by atoms with E-state index in [2.05, 4.69) is 4.98 Å². The van der Waals surface area contributed by atoms with E-state index >= 15 is 0 Å². The molecule has 22 heavy (non-hydrogen) atoms. The van der Waals surface area contributed by atoms with Crippen LogP contribution in [0.3, 0.4) is 0 Å². The zero-order valence-corrected chi connectivity index (χ0v) is 13.0. The van der Waals surface area contributed by atoms with Crippen molar-refractivity contribution >= 4 is 11.9 Å². The molecule has 0 saturated carbocycles. The van der Waals surface area contributed by atoms with Crippen LogP contribution in [0.1, 0.15) is 42.7 Å². The Hall–Kier alpha value is -2.11. The van der Waals surface area contributed by atoms with Gasteiger partial charge in [-0.25, -0.2) is 0 Å². The summed E-state index contributed by atoms with van der Waals surface area (Å²) >= 11 is 0. The lowest BCUT2D eigenvalue weighted by atomic mass is 9.97. The first-order valence-electron chi connectivity index (χ1n) is 7.62. The second-order valence-corrected chi connectivity index (χ2v) is 6.29. The van der Waals surface area contributed by atoms with Gasteiger partial charge in [-0.15, -0.1) is 0 Å². The van der Waals surface area contributed by atoms with E-state index in [4.69, 9.17) is 5.11 Å². The lowest BCUT2D eigenvalue weighted by Crippen LogP contribution is -2.42. The minimum Gasteiger partial charge on any atom is -0.481 e. The Bertz CT molecular complexity index is 621. The van der Waals surface area contributed by atoms with Gasteiger partial charge in [-0.3, -0.25) is 14.4 Å². The maximum atomic E-state index is 12.5. The third-order valence-electron chi connectivity index (χ3n) is 3.83. The van der Waals surface area contributed by atoms with Gasteiger partial charge in [-0.2, -0.15) is 0 Å². The first-order chi connectivity index (χ1) is 10.4. The Morgan fingerprint density at radius 1 is 1.41 bits per heavy atom. The topological polar surface area (TPSA) is 90.5 Å². The summed E-state index contributed by atoms with van der Waals surface area (Å²) in [6.45, 7) is 4.82. The van der Waals surface area contributed by atoms with Gasteiger partial charge in [0.1, 0.15) is 0 Å². The van der Waals surface area contributed by atoms with Crippen LogP contribution >= 0.6 is 0 Å². The second kappa shape index (κ2) is 6.77. The van der Waals surface area contributed by atoms with Crippen LogP contribution in [0, 0.1) is 11.8 Å². The van der Waals surface area contributed by atoms with Gasteiger partial charge in [0.15, 0.2) is 0 Å². The van der Waals surface area contributed by atoms with Crippen LogP contribution in [-0.2, 0) is 11.2 Å². The molecule has 6 nitrogen and oxygen atoms in total. The summed E-state index contributed by atoms with van der Waals surface area (Å²) in [5.41, 5.74) is 0.774. The van der Waals surface area contributed by atoms with Crippen molar-refractivity contribution in [2.45, 2.75) is 33.1 Å². The molecule has 2 rings (SSSR count). The Labute approximate surface area is 129 Å². The minimum absolute atomic E-state index is 0.209. The minimum atomic E-state index is -0.871. The lowest BCUT2D eigenvalue weighted by Gasteiger charge is -2.30. The molecule has 1 aliphatic rings. The predicted molar refractivity (Wildman–Crippen MR) is 81.9 cm³/mol. The summed E-state index contributed by atoms with van der Waals surface area (Å²) < 4.78 is 0. The Kier molecular flexibility index (Phi) is 5.00. The summed E-state index contributed by atoms with van der Waals surface area (Å²) in [4.78, 5) is 39.6. The molecule has 1 amide bonds. The number of H-pyrrole nitrogens is 1. The van der Waals surface area contributed by atoms with E-state index in [1.54, 1.807) is 6.07 Å². The van der Waals surface area contributed by atoms with Gasteiger partial charge in [-0.1, -0.05) is 13.8 Å². The molecule has 0 radical (unpaired) electrons. The molecule has 6 heteroatoms. The molecule has 2 heterocycles. The number of rotatable bonds is 4. The second-order valence-electron chi connectivity index (χ2n) is 6.29. The van der Waals surface area contributed by atoms with Crippen molar-refractivity contribution in [3.63, 3.8) is 0 Å². The first-order valence-corrected chi connectivity index (χ1v) is 7.62. The summed E-state index contributed by atoms with van der Waals surface area (Å²) in [6, 6.07) is 2.99. The number of pyridine rings is 1. The van der Waals surface area contributed by atoms with Crippen LogP contribution in [0.2, 0.25) is 0 Å². The fraction of sp³-hybridized carbons (Fsp3) is 0.562. The third-order valence-corrected chi connectivity index (χ3v) is 3.83. The highest BCUT2D eigenvalue weighted by Crippen LogP contribution is 2.19. The standard InChI is InChI=1S/C16H22N2O4/c1-10(2)6-13-7-12(8-14(19)17-13)15(20)18-5-3-4-11(9-18)16(21)22/h7-8,10-11H,3-6,9H2,1-2H3,(H,17,19)(H,21,22). The van der Waals surface area contributed by atoms with Crippen molar-refractivity contribution in [3.05, 3.63) is 33.7 Å². The molecule has 1 fully saturated rings. The maximum absolute atomic E-state index is 12.5. The molecule has 1 aromatic heterocycles. The zero-order chi connectivity index (χ0) is 16.3. The van der Waals surface area contributed by atoms with Crippen LogP contribution < -0.4 is 5.56 Å². The molecule has 2 N–H and O–H groups in total. The van der Waals surface area contributed by atoms with Crippen molar-refractivity contribution in [1.82, 2.24) is 9.88 Å². The highest BCUT2D eigenvalue weighted by molar-refractivity contribution is 5.94. The number of amides is 1. The Morgan fingerprint density at radius 2 is 2.14 bits per heavy atom. The fourth-order valence-corrected chi connectivity index (χ4v) is 2.82. The summed E-state index contributed by atoms with van der Waals surface area (Å²) in [7, 11) is 0.